The third-order valence-corrected chi connectivity index (χ3v) is 3.52. The SMILES string of the molecule is COc1ccc(C(=O)Nc2cccc3ccccc23)c(OC)n1. The number of benzene rings is 2. The highest BCUT2D eigenvalue weighted by Gasteiger charge is 2.15. The first kappa shape index (κ1) is 14.8. The summed E-state index contributed by atoms with van der Waals surface area (Å²) in [5.74, 6) is 0.332. The standard InChI is InChI=1S/C18H16N2O3/c1-22-16-11-10-14(18(20-16)23-2)17(21)19-15-9-5-7-12-6-3-4-8-13(12)15/h3-11H,1-2H3,(H,19,21). The molecule has 0 fully saturated rings. The molecule has 0 aliphatic heterocycles. The Balaban J connectivity index is 1.95. The molecule has 5 heteroatoms. The Bertz CT molecular complexity index is 857. The Kier molecular flexibility index (Phi) is 4.10. The summed E-state index contributed by atoms with van der Waals surface area (Å²) >= 11 is 0. The zero-order chi connectivity index (χ0) is 16.2. The molecule has 23 heavy (non-hydrogen) atoms. The van der Waals surface area contributed by atoms with Crippen LogP contribution in [0.15, 0.2) is 54.6 Å². The number of fused-ring (bicyclic) bond motifs is 1. The number of rotatable bonds is 4. The number of ether oxygens (including phenoxy) is 2. The number of amides is 1. The van der Waals surface area contributed by atoms with Gasteiger partial charge in [0, 0.05) is 17.1 Å². The second-order valence-corrected chi connectivity index (χ2v) is 4.89. The van der Waals surface area contributed by atoms with Crippen LogP contribution < -0.4 is 14.8 Å². The molecule has 2 aromatic carbocycles. The highest BCUT2D eigenvalue weighted by molar-refractivity contribution is 6.10. The van der Waals surface area contributed by atoms with Gasteiger partial charge in [0.1, 0.15) is 5.56 Å². The average molecular weight is 308 g/mol. The lowest BCUT2D eigenvalue weighted by Crippen LogP contribution is -2.14. The Hall–Kier alpha value is -3.08. The predicted molar refractivity (Wildman–Crippen MR) is 89.2 cm³/mol. The van der Waals surface area contributed by atoms with E-state index >= 15 is 0 Å². The van der Waals surface area contributed by atoms with Crippen molar-refractivity contribution < 1.29 is 14.3 Å². The van der Waals surface area contributed by atoms with Gasteiger partial charge in [-0.05, 0) is 17.5 Å². The van der Waals surface area contributed by atoms with Crippen LogP contribution in [0.3, 0.4) is 0 Å². The summed E-state index contributed by atoms with van der Waals surface area (Å²) in [5, 5.41) is 4.95. The lowest BCUT2D eigenvalue weighted by molar-refractivity contribution is 0.102. The van der Waals surface area contributed by atoms with Crippen molar-refractivity contribution in [2.75, 3.05) is 19.5 Å². The second-order valence-electron chi connectivity index (χ2n) is 4.89. The first-order valence-corrected chi connectivity index (χ1v) is 7.11. The summed E-state index contributed by atoms with van der Waals surface area (Å²) in [4.78, 5) is 16.7. The van der Waals surface area contributed by atoms with Crippen molar-refractivity contribution in [3.05, 3.63) is 60.2 Å². The Morgan fingerprint density at radius 3 is 2.52 bits per heavy atom. The average Bonchev–Trinajstić information content (AvgIpc) is 2.61. The van der Waals surface area contributed by atoms with Gasteiger partial charge in [0.15, 0.2) is 0 Å². The topological polar surface area (TPSA) is 60.5 Å². The molecular formula is C18H16N2O3. The number of carbonyl (C=O) groups is 1. The zero-order valence-electron chi connectivity index (χ0n) is 12.9. The molecular weight excluding hydrogens is 292 g/mol. The quantitative estimate of drug-likeness (QED) is 0.801. The molecule has 1 aromatic heterocycles. The number of hydrogen-bond donors (Lipinski definition) is 1. The Morgan fingerprint density at radius 2 is 1.74 bits per heavy atom. The van der Waals surface area contributed by atoms with Gasteiger partial charge in [-0.2, -0.15) is 4.98 Å². The highest BCUT2D eigenvalue weighted by Crippen LogP contribution is 2.25. The number of nitrogens with one attached hydrogen (secondary N) is 1. The van der Waals surface area contributed by atoms with Crippen molar-refractivity contribution in [3.8, 4) is 11.8 Å². The highest BCUT2D eigenvalue weighted by atomic mass is 16.5. The molecule has 0 saturated carbocycles. The Morgan fingerprint density at radius 1 is 0.957 bits per heavy atom. The fraction of sp³-hybridized carbons (Fsp3) is 0.111. The van der Waals surface area contributed by atoms with E-state index < -0.39 is 0 Å². The van der Waals surface area contributed by atoms with Crippen LogP contribution in [0.5, 0.6) is 11.8 Å². The first-order valence-electron chi connectivity index (χ1n) is 7.11. The molecule has 1 N–H and O–H groups in total. The first-order chi connectivity index (χ1) is 11.2. The van der Waals surface area contributed by atoms with E-state index in [1.54, 1.807) is 12.1 Å². The summed E-state index contributed by atoms with van der Waals surface area (Å²) in [6.07, 6.45) is 0. The van der Waals surface area contributed by atoms with Crippen LogP contribution in [0.25, 0.3) is 10.8 Å². The van der Waals surface area contributed by atoms with Crippen molar-refractivity contribution in [2.45, 2.75) is 0 Å². The Labute approximate surface area is 133 Å². The number of methoxy groups -OCH3 is 2. The van der Waals surface area contributed by atoms with Gasteiger partial charge in [0.25, 0.3) is 5.91 Å². The summed E-state index contributed by atoms with van der Waals surface area (Å²) in [7, 11) is 2.98. The van der Waals surface area contributed by atoms with Crippen molar-refractivity contribution >= 4 is 22.4 Å². The maximum absolute atomic E-state index is 12.6. The molecule has 0 aliphatic rings. The molecule has 5 nitrogen and oxygen atoms in total. The fourth-order valence-corrected chi connectivity index (χ4v) is 2.39. The van der Waals surface area contributed by atoms with Crippen molar-refractivity contribution in [3.63, 3.8) is 0 Å². The summed E-state index contributed by atoms with van der Waals surface area (Å²) in [5.41, 5.74) is 1.09. The van der Waals surface area contributed by atoms with Gasteiger partial charge in [0.05, 0.1) is 14.2 Å². The largest absolute Gasteiger partial charge is 0.481 e. The maximum atomic E-state index is 12.6. The molecule has 0 radical (unpaired) electrons. The van der Waals surface area contributed by atoms with E-state index in [1.165, 1.54) is 14.2 Å². The van der Waals surface area contributed by atoms with Gasteiger partial charge in [-0.25, -0.2) is 0 Å². The molecule has 0 bridgehead atoms. The minimum atomic E-state index is -0.284. The minimum Gasteiger partial charge on any atom is -0.481 e. The third-order valence-electron chi connectivity index (χ3n) is 3.52. The van der Waals surface area contributed by atoms with Crippen LogP contribution >= 0.6 is 0 Å². The van der Waals surface area contributed by atoms with E-state index in [0.717, 1.165) is 16.5 Å². The van der Waals surface area contributed by atoms with Gasteiger partial charge in [-0.3, -0.25) is 4.79 Å². The fourth-order valence-electron chi connectivity index (χ4n) is 2.39. The lowest BCUT2D eigenvalue weighted by Gasteiger charge is -2.11. The number of aromatic nitrogens is 1. The van der Waals surface area contributed by atoms with Crippen LogP contribution in [0, 0.1) is 0 Å². The van der Waals surface area contributed by atoms with Crippen molar-refractivity contribution in [2.24, 2.45) is 0 Å². The zero-order valence-corrected chi connectivity index (χ0v) is 12.9. The molecule has 1 amide bonds. The van der Waals surface area contributed by atoms with Crippen molar-refractivity contribution in [1.82, 2.24) is 4.98 Å². The lowest BCUT2D eigenvalue weighted by atomic mass is 10.1. The number of carbonyl (C=O) groups excluding carboxylic acids is 1. The molecule has 0 atom stereocenters. The van der Waals surface area contributed by atoms with E-state index in [4.69, 9.17) is 9.47 Å². The van der Waals surface area contributed by atoms with Gasteiger partial charge < -0.3 is 14.8 Å². The van der Waals surface area contributed by atoms with E-state index in [1.807, 2.05) is 42.5 Å². The molecule has 1 heterocycles. The van der Waals surface area contributed by atoms with Gasteiger partial charge in [0.2, 0.25) is 11.8 Å². The van der Waals surface area contributed by atoms with E-state index in [9.17, 15) is 4.79 Å². The molecule has 0 saturated heterocycles. The van der Waals surface area contributed by atoms with Crippen LogP contribution in [-0.4, -0.2) is 25.1 Å². The molecule has 0 spiro atoms. The monoisotopic (exact) mass is 308 g/mol. The van der Waals surface area contributed by atoms with E-state index in [0.29, 0.717) is 11.4 Å². The number of hydrogen-bond acceptors (Lipinski definition) is 4. The summed E-state index contributed by atoms with van der Waals surface area (Å²) < 4.78 is 10.2. The van der Waals surface area contributed by atoms with Crippen LogP contribution in [0.4, 0.5) is 5.69 Å². The summed E-state index contributed by atoms with van der Waals surface area (Å²) in [6, 6.07) is 16.9. The third kappa shape index (κ3) is 2.94. The normalized spacial score (nSPS) is 10.3. The molecule has 0 aliphatic carbocycles. The molecule has 116 valence electrons. The van der Waals surface area contributed by atoms with Gasteiger partial charge in [-0.15, -0.1) is 0 Å². The molecule has 3 rings (SSSR count). The van der Waals surface area contributed by atoms with E-state index in [2.05, 4.69) is 10.3 Å². The molecule has 3 aromatic rings. The van der Waals surface area contributed by atoms with Crippen LogP contribution in [0.2, 0.25) is 0 Å². The maximum Gasteiger partial charge on any atom is 0.261 e. The van der Waals surface area contributed by atoms with Crippen LogP contribution in [0.1, 0.15) is 10.4 Å². The number of anilines is 1. The number of nitrogens with zero attached hydrogens (tertiary/aromatic N) is 1. The second kappa shape index (κ2) is 6.36. The van der Waals surface area contributed by atoms with Crippen molar-refractivity contribution in [1.29, 1.82) is 0 Å². The predicted octanol–water partition coefficient (Wildman–Crippen LogP) is 3.50. The molecule has 0 unspecified atom stereocenters. The van der Waals surface area contributed by atoms with Gasteiger partial charge in [-0.1, -0.05) is 36.4 Å². The smallest absolute Gasteiger partial charge is 0.261 e. The summed E-state index contributed by atoms with van der Waals surface area (Å²) in [6.45, 7) is 0. The number of pyridine rings is 1. The van der Waals surface area contributed by atoms with Crippen LogP contribution in [-0.2, 0) is 0 Å². The minimum absolute atomic E-state index is 0.224. The van der Waals surface area contributed by atoms with E-state index in [-0.39, 0.29) is 11.8 Å². The van der Waals surface area contributed by atoms with Gasteiger partial charge >= 0.3 is 0 Å².